The van der Waals surface area contributed by atoms with Crippen molar-refractivity contribution in [3.05, 3.63) is 30.1 Å². The lowest BCUT2D eigenvalue weighted by atomic mass is 10.1. The van der Waals surface area contributed by atoms with Gasteiger partial charge in [0, 0.05) is 24.8 Å². The SMILES string of the molecule is FC(F)(F)COCCC1C=C1c1cncc(OCC2CCN2)c1. The van der Waals surface area contributed by atoms with E-state index in [4.69, 9.17) is 4.74 Å². The Kier molecular flexibility index (Phi) is 4.87. The lowest BCUT2D eigenvalue weighted by Gasteiger charge is -2.27. The van der Waals surface area contributed by atoms with E-state index in [1.165, 1.54) is 0 Å². The van der Waals surface area contributed by atoms with Crippen molar-refractivity contribution in [2.24, 2.45) is 5.92 Å². The topological polar surface area (TPSA) is 43.4 Å². The number of hydrogen-bond acceptors (Lipinski definition) is 4. The highest BCUT2D eigenvalue weighted by Gasteiger charge is 2.29. The number of pyridine rings is 1. The fourth-order valence-corrected chi connectivity index (χ4v) is 2.46. The van der Waals surface area contributed by atoms with Gasteiger partial charge >= 0.3 is 6.18 Å². The van der Waals surface area contributed by atoms with E-state index in [1.54, 1.807) is 12.4 Å². The van der Waals surface area contributed by atoms with Crippen LogP contribution in [0.5, 0.6) is 5.75 Å². The molecular weight excluding hydrogens is 309 g/mol. The highest BCUT2D eigenvalue weighted by atomic mass is 19.4. The molecule has 0 bridgehead atoms. The Morgan fingerprint density at radius 3 is 2.83 bits per heavy atom. The van der Waals surface area contributed by atoms with Gasteiger partial charge in [0.05, 0.1) is 6.20 Å². The second kappa shape index (κ2) is 6.88. The van der Waals surface area contributed by atoms with Crippen LogP contribution in [0.1, 0.15) is 18.4 Å². The quantitative estimate of drug-likeness (QED) is 0.745. The fraction of sp³-hybridized carbons (Fsp3) is 0.562. The lowest BCUT2D eigenvalue weighted by molar-refractivity contribution is -0.174. The maximum Gasteiger partial charge on any atom is 0.411 e. The fourth-order valence-electron chi connectivity index (χ4n) is 2.46. The van der Waals surface area contributed by atoms with Crippen LogP contribution in [0, 0.1) is 5.92 Å². The van der Waals surface area contributed by atoms with Gasteiger partial charge in [0.15, 0.2) is 0 Å². The highest BCUT2D eigenvalue weighted by molar-refractivity contribution is 5.80. The van der Waals surface area contributed by atoms with Gasteiger partial charge in [-0.1, -0.05) is 6.08 Å². The highest BCUT2D eigenvalue weighted by Crippen LogP contribution is 2.41. The first kappa shape index (κ1) is 16.3. The zero-order valence-electron chi connectivity index (χ0n) is 12.6. The molecular formula is C16H19F3N2O2. The summed E-state index contributed by atoms with van der Waals surface area (Å²) in [6, 6.07) is 2.34. The Bertz CT molecular complexity index is 571. The number of aromatic nitrogens is 1. The molecule has 2 heterocycles. The van der Waals surface area contributed by atoms with Crippen molar-refractivity contribution in [2.45, 2.75) is 25.1 Å². The van der Waals surface area contributed by atoms with E-state index >= 15 is 0 Å². The van der Waals surface area contributed by atoms with Crippen LogP contribution in [0.25, 0.3) is 5.57 Å². The number of allylic oxidation sites excluding steroid dienone is 2. The Balaban J connectivity index is 1.40. The summed E-state index contributed by atoms with van der Waals surface area (Å²) < 4.78 is 46.3. The molecule has 4 nitrogen and oxygen atoms in total. The molecule has 1 aromatic rings. The minimum atomic E-state index is -4.26. The molecule has 1 aromatic heterocycles. The summed E-state index contributed by atoms with van der Waals surface area (Å²) in [5.74, 6) is 0.893. The van der Waals surface area contributed by atoms with E-state index in [9.17, 15) is 13.2 Å². The minimum absolute atomic E-state index is 0.0984. The van der Waals surface area contributed by atoms with Crippen LogP contribution in [0.4, 0.5) is 13.2 Å². The van der Waals surface area contributed by atoms with Crippen LogP contribution in [-0.4, -0.2) is 43.6 Å². The van der Waals surface area contributed by atoms with Gasteiger partial charge in [-0.2, -0.15) is 13.2 Å². The average Bonchev–Trinajstić information content (AvgIpc) is 3.21. The first-order valence-electron chi connectivity index (χ1n) is 7.69. The van der Waals surface area contributed by atoms with Crippen molar-refractivity contribution >= 4 is 5.57 Å². The molecule has 0 spiro atoms. The molecule has 0 saturated carbocycles. The van der Waals surface area contributed by atoms with E-state index in [1.807, 2.05) is 12.1 Å². The van der Waals surface area contributed by atoms with Crippen LogP contribution < -0.4 is 10.1 Å². The molecule has 1 saturated heterocycles. The van der Waals surface area contributed by atoms with Gasteiger partial charge in [-0.05, 0) is 36.6 Å². The minimum Gasteiger partial charge on any atom is -0.490 e. The zero-order chi connectivity index (χ0) is 16.3. The smallest absolute Gasteiger partial charge is 0.411 e. The van der Waals surface area contributed by atoms with Crippen molar-refractivity contribution in [3.8, 4) is 5.75 Å². The van der Waals surface area contributed by atoms with Crippen LogP contribution in [0.3, 0.4) is 0 Å². The number of halogens is 3. The summed E-state index contributed by atoms with van der Waals surface area (Å²) >= 11 is 0. The number of ether oxygens (including phenoxy) is 2. The molecule has 2 unspecified atom stereocenters. The van der Waals surface area contributed by atoms with Crippen molar-refractivity contribution in [2.75, 3.05) is 26.4 Å². The zero-order valence-corrected chi connectivity index (χ0v) is 12.6. The largest absolute Gasteiger partial charge is 0.490 e. The Morgan fingerprint density at radius 1 is 1.30 bits per heavy atom. The van der Waals surface area contributed by atoms with Gasteiger partial charge in [-0.15, -0.1) is 0 Å². The molecule has 0 amide bonds. The molecule has 1 N–H and O–H groups in total. The molecule has 2 aliphatic rings. The van der Waals surface area contributed by atoms with Gasteiger partial charge in [0.25, 0.3) is 0 Å². The molecule has 0 aromatic carbocycles. The van der Waals surface area contributed by atoms with Crippen molar-refractivity contribution in [1.29, 1.82) is 0 Å². The molecule has 126 valence electrons. The summed E-state index contributed by atoms with van der Waals surface area (Å²) in [6.45, 7) is 0.576. The van der Waals surface area contributed by atoms with Crippen molar-refractivity contribution < 1.29 is 22.6 Å². The Hall–Kier alpha value is -1.60. The molecule has 1 aliphatic heterocycles. The van der Waals surface area contributed by atoms with Gasteiger partial charge in [-0.3, -0.25) is 4.98 Å². The maximum absolute atomic E-state index is 12.0. The first-order chi connectivity index (χ1) is 11.0. The summed E-state index contributed by atoms with van der Waals surface area (Å²) in [7, 11) is 0. The van der Waals surface area contributed by atoms with Crippen LogP contribution >= 0.6 is 0 Å². The third-order valence-corrected chi connectivity index (χ3v) is 3.93. The number of nitrogens with zero attached hydrogens (tertiary/aromatic N) is 1. The van der Waals surface area contributed by atoms with Gasteiger partial charge in [0.1, 0.15) is 19.0 Å². The predicted molar refractivity (Wildman–Crippen MR) is 79.1 cm³/mol. The van der Waals surface area contributed by atoms with Crippen LogP contribution in [0.15, 0.2) is 24.5 Å². The lowest BCUT2D eigenvalue weighted by Crippen LogP contribution is -2.46. The molecule has 2 atom stereocenters. The summed E-state index contributed by atoms with van der Waals surface area (Å²) in [5.41, 5.74) is 2.06. The van der Waals surface area contributed by atoms with Crippen LogP contribution in [-0.2, 0) is 4.74 Å². The summed E-state index contributed by atoms with van der Waals surface area (Å²) in [5, 5.41) is 3.26. The molecule has 7 heteroatoms. The standard InChI is InChI=1S/C16H19F3N2O2/c17-16(18,19)10-22-4-2-11-6-15(11)12-5-14(8-20-7-12)23-9-13-1-3-21-13/h5-8,11,13,21H,1-4,9-10H2. The second-order valence-electron chi connectivity index (χ2n) is 5.84. The number of alkyl halides is 3. The Morgan fingerprint density at radius 2 is 2.13 bits per heavy atom. The van der Waals surface area contributed by atoms with Gasteiger partial charge in [-0.25, -0.2) is 0 Å². The van der Waals surface area contributed by atoms with Crippen LogP contribution in [0.2, 0.25) is 0 Å². The van der Waals surface area contributed by atoms with E-state index in [-0.39, 0.29) is 12.5 Å². The molecule has 1 aliphatic carbocycles. The number of hydrogen-bond donors (Lipinski definition) is 1. The molecule has 0 radical (unpaired) electrons. The molecule has 3 rings (SSSR count). The monoisotopic (exact) mass is 328 g/mol. The van der Waals surface area contributed by atoms with Crippen molar-refractivity contribution in [1.82, 2.24) is 10.3 Å². The summed E-state index contributed by atoms with van der Waals surface area (Å²) in [4.78, 5) is 4.16. The normalized spacial score (nSPS) is 23.2. The van der Waals surface area contributed by atoms with E-state index in [2.05, 4.69) is 15.0 Å². The Labute approximate surface area is 132 Å². The predicted octanol–water partition coefficient (Wildman–Crippen LogP) is 2.80. The van der Waals surface area contributed by atoms with Gasteiger partial charge in [0.2, 0.25) is 0 Å². The molecule has 1 fully saturated rings. The van der Waals surface area contributed by atoms with E-state index in [0.717, 1.165) is 29.9 Å². The van der Waals surface area contributed by atoms with Gasteiger partial charge < -0.3 is 14.8 Å². The third-order valence-electron chi connectivity index (χ3n) is 3.93. The molecule has 23 heavy (non-hydrogen) atoms. The average molecular weight is 328 g/mol. The second-order valence-corrected chi connectivity index (χ2v) is 5.84. The van der Waals surface area contributed by atoms with Crippen molar-refractivity contribution in [3.63, 3.8) is 0 Å². The number of rotatable bonds is 8. The third kappa shape index (κ3) is 4.94. The number of nitrogens with one attached hydrogen (secondary N) is 1. The maximum atomic E-state index is 12.0. The van der Waals surface area contributed by atoms with E-state index < -0.39 is 12.8 Å². The summed E-state index contributed by atoms with van der Waals surface area (Å²) in [6.07, 6.45) is 2.86. The first-order valence-corrected chi connectivity index (χ1v) is 7.69. The van der Waals surface area contributed by atoms with E-state index in [0.29, 0.717) is 19.1 Å².